The monoisotopic (exact) mass is 232 g/mol. The summed E-state index contributed by atoms with van der Waals surface area (Å²) in [4.78, 5) is 25.1. The van der Waals surface area contributed by atoms with Gasteiger partial charge in [-0.15, -0.1) is 0 Å². The maximum absolute atomic E-state index is 12.6. The molecule has 92 valence electrons. The Kier molecular flexibility index (Phi) is 1.91. The highest BCUT2D eigenvalue weighted by Gasteiger charge is 2.73. The number of fused-ring (bicyclic) bond motifs is 2. The Hall–Kier alpha value is -0.920. The van der Waals surface area contributed by atoms with Gasteiger partial charge in [0.2, 0.25) is 0 Å². The highest BCUT2D eigenvalue weighted by atomic mass is 16.1. The Balaban J connectivity index is 2.06. The van der Waals surface area contributed by atoms with Crippen LogP contribution in [0.5, 0.6) is 0 Å². The summed E-state index contributed by atoms with van der Waals surface area (Å²) >= 11 is 0. The number of Topliss-reactive ketones (excluding diaryl/α,β-unsaturated/α-hetero) is 2. The Labute approximate surface area is 102 Å². The summed E-state index contributed by atoms with van der Waals surface area (Å²) < 4.78 is 0. The van der Waals surface area contributed by atoms with Crippen molar-refractivity contribution >= 4 is 11.6 Å². The van der Waals surface area contributed by atoms with Crippen molar-refractivity contribution in [2.24, 2.45) is 28.6 Å². The molecule has 0 radical (unpaired) electrons. The van der Waals surface area contributed by atoms with Crippen molar-refractivity contribution in [1.29, 1.82) is 0 Å². The molecular formula is C15H20O2. The highest BCUT2D eigenvalue weighted by molar-refractivity contribution is 6.07. The van der Waals surface area contributed by atoms with E-state index in [1.165, 1.54) is 5.57 Å². The third-order valence-electron chi connectivity index (χ3n) is 5.49. The van der Waals surface area contributed by atoms with Crippen LogP contribution in [0.4, 0.5) is 0 Å². The maximum Gasteiger partial charge on any atom is 0.144 e. The highest BCUT2D eigenvalue weighted by Crippen LogP contribution is 2.67. The Bertz CT molecular complexity index is 458. The third-order valence-corrected chi connectivity index (χ3v) is 5.49. The molecule has 2 heteroatoms. The van der Waals surface area contributed by atoms with Crippen molar-refractivity contribution in [1.82, 2.24) is 0 Å². The first-order valence-electron chi connectivity index (χ1n) is 6.54. The predicted octanol–water partition coefficient (Wildman–Crippen LogP) is 2.77. The summed E-state index contributed by atoms with van der Waals surface area (Å²) in [5.74, 6) is 0.667. The van der Waals surface area contributed by atoms with Crippen LogP contribution in [0.25, 0.3) is 0 Å². The molecule has 2 saturated carbocycles. The van der Waals surface area contributed by atoms with E-state index in [0.29, 0.717) is 11.6 Å². The summed E-state index contributed by atoms with van der Waals surface area (Å²) in [6.07, 6.45) is 3.70. The van der Waals surface area contributed by atoms with Crippen molar-refractivity contribution in [2.45, 2.75) is 40.5 Å². The van der Waals surface area contributed by atoms with E-state index in [1.807, 2.05) is 6.92 Å². The van der Waals surface area contributed by atoms with Crippen LogP contribution in [0.1, 0.15) is 40.5 Å². The molecule has 0 aromatic rings. The van der Waals surface area contributed by atoms with Crippen molar-refractivity contribution in [3.05, 3.63) is 11.6 Å². The molecule has 0 saturated heterocycles. The molecule has 3 rings (SSSR count). The summed E-state index contributed by atoms with van der Waals surface area (Å²) in [6, 6.07) is 0. The molecule has 0 N–H and O–H groups in total. The molecule has 3 aliphatic rings. The van der Waals surface area contributed by atoms with Crippen LogP contribution in [-0.2, 0) is 9.59 Å². The maximum atomic E-state index is 12.6. The van der Waals surface area contributed by atoms with E-state index in [0.717, 1.165) is 12.8 Å². The fourth-order valence-electron chi connectivity index (χ4n) is 4.08. The lowest BCUT2D eigenvalue weighted by molar-refractivity contribution is -0.145. The lowest BCUT2D eigenvalue weighted by atomic mass is 9.60. The standard InChI is InChI=1S/C15H20O2/c1-8-5-6-15(4)9(7-8)12(16)10-11(13(15)17)14(10,2)3/h5,9-11H,6-7H2,1-4H3/t9?,10-,11+,15+/m0/s1. The van der Waals surface area contributed by atoms with E-state index in [9.17, 15) is 9.59 Å². The number of allylic oxidation sites excluding steroid dienone is 2. The molecule has 0 bridgehead atoms. The van der Waals surface area contributed by atoms with Crippen molar-refractivity contribution in [3.8, 4) is 0 Å². The predicted molar refractivity (Wildman–Crippen MR) is 65.4 cm³/mol. The number of hydrogen-bond donors (Lipinski definition) is 0. The van der Waals surface area contributed by atoms with Crippen molar-refractivity contribution in [3.63, 3.8) is 0 Å². The van der Waals surface area contributed by atoms with Crippen LogP contribution in [0, 0.1) is 28.6 Å². The van der Waals surface area contributed by atoms with Gasteiger partial charge in [0.1, 0.15) is 11.6 Å². The summed E-state index contributed by atoms with van der Waals surface area (Å²) in [7, 11) is 0. The van der Waals surface area contributed by atoms with Crippen molar-refractivity contribution in [2.75, 3.05) is 0 Å². The first-order valence-corrected chi connectivity index (χ1v) is 6.54. The molecule has 2 fully saturated rings. The molecule has 1 unspecified atom stereocenters. The largest absolute Gasteiger partial charge is 0.299 e. The van der Waals surface area contributed by atoms with Crippen LogP contribution in [0.15, 0.2) is 11.6 Å². The molecule has 4 atom stereocenters. The van der Waals surface area contributed by atoms with E-state index in [4.69, 9.17) is 0 Å². The van der Waals surface area contributed by atoms with Gasteiger partial charge in [-0.25, -0.2) is 0 Å². The molecule has 0 aliphatic heterocycles. The van der Waals surface area contributed by atoms with Crippen LogP contribution in [-0.4, -0.2) is 11.6 Å². The zero-order valence-corrected chi connectivity index (χ0v) is 11.0. The molecule has 0 spiro atoms. The number of carbonyl (C=O) groups is 2. The summed E-state index contributed by atoms with van der Waals surface area (Å²) in [5, 5.41) is 0. The first kappa shape index (κ1) is 11.2. The van der Waals surface area contributed by atoms with Gasteiger partial charge in [0.25, 0.3) is 0 Å². The summed E-state index contributed by atoms with van der Waals surface area (Å²) in [5.41, 5.74) is 0.777. The van der Waals surface area contributed by atoms with E-state index in [2.05, 4.69) is 26.8 Å². The van der Waals surface area contributed by atoms with Crippen LogP contribution < -0.4 is 0 Å². The number of rotatable bonds is 0. The molecular weight excluding hydrogens is 212 g/mol. The van der Waals surface area contributed by atoms with Crippen LogP contribution in [0.2, 0.25) is 0 Å². The lowest BCUT2D eigenvalue weighted by Crippen LogP contribution is -2.47. The van der Waals surface area contributed by atoms with E-state index < -0.39 is 5.41 Å². The minimum atomic E-state index is -0.411. The van der Waals surface area contributed by atoms with Gasteiger partial charge in [-0.05, 0) is 25.2 Å². The molecule has 0 aromatic heterocycles. The second kappa shape index (κ2) is 2.90. The zero-order chi connectivity index (χ0) is 12.6. The molecule has 0 aromatic carbocycles. The van der Waals surface area contributed by atoms with Gasteiger partial charge >= 0.3 is 0 Å². The fourth-order valence-corrected chi connectivity index (χ4v) is 4.08. The normalized spacial score (nSPS) is 47.1. The first-order chi connectivity index (χ1) is 7.80. The Morgan fingerprint density at radius 1 is 1.18 bits per heavy atom. The average Bonchev–Trinajstić information content (AvgIpc) is 2.82. The summed E-state index contributed by atoms with van der Waals surface area (Å²) in [6.45, 7) is 8.21. The second-order valence-electron chi connectivity index (χ2n) is 6.97. The van der Waals surface area contributed by atoms with E-state index in [1.54, 1.807) is 0 Å². The zero-order valence-electron chi connectivity index (χ0n) is 11.0. The van der Waals surface area contributed by atoms with Gasteiger partial charge in [-0.3, -0.25) is 9.59 Å². The second-order valence-corrected chi connectivity index (χ2v) is 6.97. The molecule has 0 amide bonds. The topological polar surface area (TPSA) is 34.1 Å². The molecule has 17 heavy (non-hydrogen) atoms. The lowest BCUT2D eigenvalue weighted by Gasteiger charge is -2.41. The SMILES string of the molecule is CC1=CC[C@@]2(C)C(=O)[C@H]3[C@@H](C(=O)C2C1)C3(C)C. The quantitative estimate of drug-likeness (QED) is 0.602. The van der Waals surface area contributed by atoms with Gasteiger partial charge in [0, 0.05) is 23.2 Å². The van der Waals surface area contributed by atoms with Gasteiger partial charge in [0.15, 0.2) is 0 Å². The van der Waals surface area contributed by atoms with E-state index in [-0.39, 0.29) is 23.2 Å². The van der Waals surface area contributed by atoms with Gasteiger partial charge < -0.3 is 0 Å². The number of hydrogen-bond acceptors (Lipinski definition) is 2. The van der Waals surface area contributed by atoms with Crippen LogP contribution >= 0.6 is 0 Å². The molecule has 3 aliphatic carbocycles. The van der Waals surface area contributed by atoms with Crippen molar-refractivity contribution < 1.29 is 9.59 Å². The Morgan fingerprint density at radius 3 is 2.47 bits per heavy atom. The van der Waals surface area contributed by atoms with E-state index >= 15 is 0 Å². The average molecular weight is 232 g/mol. The molecule has 0 heterocycles. The van der Waals surface area contributed by atoms with Gasteiger partial charge in [-0.2, -0.15) is 0 Å². The smallest absolute Gasteiger partial charge is 0.144 e. The number of carbonyl (C=O) groups excluding carboxylic acids is 2. The van der Waals surface area contributed by atoms with Crippen LogP contribution in [0.3, 0.4) is 0 Å². The fraction of sp³-hybridized carbons (Fsp3) is 0.733. The van der Waals surface area contributed by atoms with Gasteiger partial charge in [0.05, 0.1) is 0 Å². The number of ketones is 2. The Morgan fingerprint density at radius 2 is 1.82 bits per heavy atom. The minimum absolute atomic E-state index is 0.00283. The molecule has 2 nitrogen and oxygen atoms in total. The minimum Gasteiger partial charge on any atom is -0.299 e. The third kappa shape index (κ3) is 1.16. The van der Waals surface area contributed by atoms with Gasteiger partial charge in [-0.1, -0.05) is 32.4 Å².